The Labute approximate surface area is 93.4 Å². The second kappa shape index (κ2) is 4.52. The Kier molecular flexibility index (Phi) is 3.77. The minimum absolute atomic E-state index is 0.265. The number of nitrogens with zero attached hydrogens (tertiary/aromatic N) is 2. The Bertz CT molecular complexity index is 224. The predicted octanol–water partition coefficient (Wildman–Crippen LogP) is 1.59. The highest BCUT2D eigenvalue weighted by Crippen LogP contribution is 2.22. The summed E-state index contributed by atoms with van der Waals surface area (Å²) >= 11 is 0. The second-order valence-electron chi connectivity index (χ2n) is 5.98. The van der Waals surface area contributed by atoms with Gasteiger partial charge in [-0.05, 0) is 25.9 Å². The molecule has 0 saturated carbocycles. The van der Waals surface area contributed by atoms with Gasteiger partial charge in [0.1, 0.15) is 0 Å². The molecule has 0 aromatic heterocycles. The highest BCUT2D eigenvalue weighted by atomic mass is 16.2. The van der Waals surface area contributed by atoms with Gasteiger partial charge in [-0.3, -0.25) is 4.79 Å². The molecule has 0 bridgehead atoms. The average Bonchev–Trinajstić information content (AvgIpc) is 1.95. The molecule has 0 spiro atoms. The van der Waals surface area contributed by atoms with Crippen molar-refractivity contribution in [3.8, 4) is 0 Å². The maximum Gasteiger partial charge on any atom is 0.222 e. The smallest absolute Gasteiger partial charge is 0.222 e. The van der Waals surface area contributed by atoms with Gasteiger partial charge in [0.15, 0.2) is 0 Å². The number of hydrogen-bond donors (Lipinski definition) is 0. The number of carbonyl (C=O) groups is 1. The Balaban J connectivity index is 2.21. The van der Waals surface area contributed by atoms with E-state index in [1.54, 1.807) is 0 Å². The molecule has 0 radical (unpaired) electrons. The standard InChI is InChI=1S/C12H24N2O/c1-12(2,3)7-6-11(15)14-8-10(9-14)13(4)5/h10H,6-9H2,1-5H3. The Morgan fingerprint density at radius 2 is 1.87 bits per heavy atom. The van der Waals surface area contributed by atoms with Crippen LogP contribution in [0.15, 0.2) is 0 Å². The number of likely N-dealkylation sites (tertiary alicyclic amines) is 1. The SMILES string of the molecule is CN(C)C1CN(C(=O)CCC(C)(C)C)C1. The van der Waals surface area contributed by atoms with Gasteiger partial charge in [0.05, 0.1) is 0 Å². The molecule has 1 fully saturated rings. The second-order valence-corrected chi connectivity index (χ2v) is 5.98. The molecule has 0 unspecified atom stereocenters. The van der Waals surface area contributed by atoms with Crippen LogP contribution >= 0.6 is 0 Å². The summed E-state index contributed by atoms with van der Waals surface area (Å²) in [6.45, 7) is 8.36. The van der Waals surface area contributed by atoms with Crippen LogP contribution in [0.2, 0.25) is 0 Å². The summed E-state index contributed by atoms with van der Waals surface area (Å²) in [5, 5.41) is 0. The summed E-state index contributed by atoms with van der Waals surface area (Å²) in [4.78, 5) is 15.9. The highest BCUT2D eigenvalue weighted by Gasteiger charge is 2.31. The van der Waals surface area contributed by atoms with Crippen LogP contribution in [0, 0.1) is 5.41 Å². The van der Waals surface area contributed by atoms with Crippen LogP contribution in [-0.4, -0.2) is 48.9 Å². The van der Waals surface area contributed by atoms with Gasteiger partial charge in [0, 0.05) is 25.6 Å². The van der Waals surface area contributed by atoms with E-state index < -0.39 is 0 Å². The van der Waals surface area contributed by atoms with Crippen LogP contribution in [0.5, 0.6) is 0 Å². The van der Waals surface area contributed by atoms with Gasteiger partial charge in [-0.1, -0.05) is 20.8 Å². The van der Waals surface area contributed by atoms with E-state index in [4.69, 9.17) is 0 Å². The Morgan fingerprint density at radius 1 is 1.33 bits per heavy atom. The molecule has 15 heavy (non-hydrogen) atoms. The molecule has 3 heteroatoms. The van der Waals surface area contributed by atoms with E-state index in [0.717, 1.165) is 19.5 Å². The molecule has 1 aliphatic rings. The maximum atomic E-state index is 11.7. The lowest BCUT2D eigenvalue weighted by molar-refractivity contribution is -0.138. The van der Waals surface area contributed by atoms with Crippen molar-refractivity contribution in [2.45, 2.75) is 39.7 Å². The Morgan fingerprint density at radius 3 is 2.27 bits per heavy atom. The van der Waals surface area contributed by atoms with Crippen LogP contribution in [0.25, 0.3) is 0 Å². The summed E-state index contributed by atoms with van der Waals surface area (Å²) in [5.74, 6) is 0.322. The van der Waals surface area contributed by atoms with Gasteiger partial charge in [0.25, 0.3) is 0 Å². The van der Waals surface area contributed by atoms with E-state index in [0.29, 0.717) is 18.4 Å². The van der Waals surface area contributed by atoms with Crippen LogP contribution in [0.3, 0.4) is 0 Å². The van der Waals surface area contributed by atoms with Crippen molar-refractivity contribution in [2.24, 2.45) is 5.41 Å². The van der Waals surface area contributed by atoms with Crippen LogP contribution in [0.1, 0.15) is 33.6 Å². The van der Waals surface area contributed by atoms with E-state index in [9.17, 15) is 4.79 Å². The van der Waals surface area contributed by atoms with Gasteiger partial charge in [-0.2, -0.15) is 0 Å². The zero-order chi connectivity index (χ0) is 11.6. The monoisotopic (exact) mass is 212 g/mol. The maximum absolute atomic E-state index is 11.7. The first-order valence-electron chi connectivity index (χ1n) is 5.74. The molecule has 0 atom stereocenters. The van der Waals surface area contributed by atoms with Gasteiger partial charge in [0.2, 0.25) is 5.91 Å². The summed E-state index contributed by atoms with van der Waals surface area (Å²) in [5.41, 5.74) is 0.265. The molecule has 3 nitrogen and oxygen atoms in total. The van der Waals surface area contributed by atoms with Crippen LogP contribution in [0.4, 0.5) is 0 Å². The largest absolute Gasteiger partial charge is 0.339 e. The predicted molar refractivity (Wildman–Crippen MR) is 62.7 cm³/mol. The minimum Gasteiger partial charge on any atom is -0.339 e. The van der Waals surface area contributed by atoms with Crippen molar-refractivity contribution < 1.29 is 4.79 Å². The highest BCUT2D eigenvalue weighted by molar-refractivity contribution is 5.77. The number of carbonyl (C=O) groups excluding carboxylic acids is 1. The average molecular weight is 212 g/mol. The lowest BCUT2D eigenvalue weighted by Crippen LogP contribution is -2.59. The van der Waals surface area contributed by atoms with Crippen molar-refractivity contribution in [3.63, 3.8) is 0 Å². The molecule has 1 rings (SSSR count). The summed E-state index contributed by atoms with van der Waals surface area (Å²) < 4.78 is 0. The van der Waals surface area contributed by atoms with Crippen molar-refractivity contribution >= 4 is 5.91 Å². The number of likely N-dealkylation sites (N-methyl/N-ethyl adjacent to an activating group) is 1. The third kappa shape index (κ3) is 3.82. The van der Waals surface area contributed by atoms with E-state index in [1.807, 2.05) is 4.90 Å². The van der Waals surface area contributed by atoms with Crippen LogP contribution in [-0.2, 0) is 4.79 Å². The molecule has 1 amide bonds. The van der Waals surface area contributed by atoms with E-state index in [1.165, 1.54) is 0 Å². The quantitative estimate of drug-likeness (QED) is 0.709. The molecule has 0 aromatic carbocycles. The van der Waals surface area contributed by atoms with Gasteiger partial charge >= 0.3 is 0 Å². The van der Waals surface area contributed by atoms with Gasteiger partial charge < -0.3 is 9.80 Å². The topological polar surface area (TPSA) is 23.6 Å². The van der Waals surface area contributed by atoms with Gasteiger partial charge in [-0.15, -0.1) is 0 Å². The fraction of sp³-hybridized carbons (Fsp3) is 0.917. The summed E-state index contributed by atoms with van der Waals surface area (Å²) in [6.07, 6.45) is 1.68. The van der Waals surface area contributed by atoms with Crippen molar-refractivity contribution in [2.75, 3.05) is 27.2 Å². The molecule has 0 aliphatic carbocycles. The number of rotatable bonds is 3. The fourth-order valence-corrected chi connectivity index (χ4v) is 1.63. The molecule has 1 saturated heterocycles. The molecular formula is C12H24N2O. The number of hydrogen-bond acceptors (Lipinski definition) is 2. The zero-order valence-electron chi connectivity index (χ0n) is 10.7. The first kappa shape index (κ1) is 12.5. The summed E-state index contributed by atoms with van der Waals surface area (Å²) in [7, 11) is 4.14. The Hall–Kier alpha value is -0.570. The van der Waals surface area contributed by atoms with E-state index >= 15 is 0 Å². The third-order valence-corrected chi connectivity index (χ3v) is 3.03. The van der Waals surface area contributed by atoms with Crippen LogP contribution < -0.4 is 0 Å². The first-order chi connectivity index (χ1) is 6.79. The normalized spacial score (nSPS) is 18.1. The zero-order valence-corrected chi connectivity index (χ0v) is 10.7. The molecule has 88 valence electrons. The third-order valence-electron chi connectivity index (χ3n) is 3.03. The van der Waals surface area contributed by atoms with E-state index in [-0.39, 0.29) is 5.41 Å². The van der Waals surface area contributed by atoms with Crippen molar-refractivity contribution in [1.82, 2.24) is 9.80 Å². The summed E-state index contributed by atoms with van der Waals surface area (Å²) in [6, 6.07) is 0.573. The molecule has 0 N–H and O–H groups in total. The van der Waals surface area contributed by atoms with Crippen molar-refractivity contribution in [3.05, 3.63) is 0 Å². The molecule has 1 aliphatic heterocycles. The fourth-order valence-electron chi connectivity index (χ4n) is 1.63. The number of amides is 1. The first-order valence-corrected chi connectivity index (χ1v) is 5.74. The van der Waals surface area contributed by atoms with E-state index in [2.05, 4.69) is 39.8 Å². The molecule has 0 aromatic rings. The minimum atomic E-state index is 0.265. The molecule has 1 heterocycles. The van der Waals surface area contributed by atoms with Gasteiger partial charge in [-0.25, -0.2) is 0 Å². The van der Waals surface area contributed by atoms with Crippen molar-refractivity contribution in [1.29, 1.82) is 0 Å². The lowest BCUT2D eigenvalue weighted by atomic mass is 9.90. The lowest BCUT2D eigenvalue weighted by Gasteiger charge is -2.43. The molecular weight excluding hydrogens is 188 g/mol.